The van der Waals surface area contributed by atoms with E-state index >= 15 is 0 Å². The molecule has 19 heavy (non-hydrogen) atoms. The molecule has 2 rings (SSSR count). The molecule has 0 amide bonds. The van der Waals surface area contributed by atoms with Gasteiger partial charge in [-0.3, -0.25) is 0 Å². The van der Waals surface area contributed by atoms with E-state index in [-0.39, 0.29) is 5.82 Å². The van der Waals surface area contributed by atoms with Crippen molar-refractivity contribution < 1.29 is 4.39 Å². The second-order valence-electron chi connectivity index (χ2n) is 3.98. The molecule has 0 N–H and O–H groups in total. The van der Waals surface area contributed by atoms with E-state index in [1.54, 1.807) is 6.07 Å². The number of benzene rings is 2. The van der Waals surface area contributed by atoms with Crippen LogP contribution in [0, 0.1) is 5.82 Å². The minimum atomic E-state index is -0.339. The van der Waals surface area contributed by atoms with Gasteiger partial charge in [0.05, 0.1) is 5.02 Å². The first-order valence-electron chi connectivity index (χ1n) is 5.57. The summed E-state index contributed by atoms with van der Waals surface area (Å²) in [6, 6.07) is 11.9. The van der Waals surface area contributed by atoms with Gasteiger partial charge in [-0.25, -0.2) is 4.39 Å². The first kappa shape index (κ1) is 14.6. The van der Waals surface area contributed by atoms with Crippen molar-refractivity contribution in [1.82, 2.24) is 0 Å². The van der Waals surface area contributed by atoms with Gasteiger partial charge in [0.15, 0.2) is 0 Å². The number of halogens is 4. The van der Waals surface area contributed by atoms with Crippen LogP contribution in [0.3, 0.4) is 0 Å². The molecule has 0 spiro atoms. The predicted octanol–water partition coefficient (Wildman–Crippen LogP) is 6.07. The summed E-state index contributed by atoms with van der Waals surface area (Å²) < 4.78 is 13.0. The average molecular weight is 360 g/mol. The van der Waals surface area contributed by atoms with Gasteiger partial charge in [-0.05, 0) is 47.0 Å². The average Bonchev–Trinajstić information content (AvgIpc) is 2.39. The molecule has 98 valence electrons. The van der Waals surface area contributed by atoms with Crippen LogP contribution < -0.4 is 0 Å². The Morgan fingerprint density at radius 1 is 1.11 bits per heavy atom. The van der Waals surface area contributed by atoms with Crippen molar-refractivity contribution >= 4 is 50.8 Å². The van der Waals surface area contributed by atoms with E-state index in [0.717, 1.165) is 16.7 Å². The van der Waals surface area contributed by atoms with E-state index in [0.29, 0.717) is 15.4 Å². The lowest BCUT2D eigenvalue weighted by molar-refractivity contribution is 0.628. The highest BCUT2D eigenvalue weighted by Gasteiger charge is 2.04. The molecule has 0 atom stereocenters. The van der Waals surface area contributed by atoms with Gasteiger partial charge in [-0.15, -0.1) is 0 Å². The number of allylic oxidation sites excluding steroid dienone is 1. The van der Waals surface area contributed by atoms with Gasteiger partial charge in [-0.2, -0.15) is 0 Å². The topological polar surface area (TPSA) is 0 Å². The van der Waals surface area contributed by atoms with Crippen molar-refractivity contribution in [3.8, 4) is 0 Å². The summed E-state index contributed by atoms with van der Waals surface area (Å²) in [5.74, 6) is -0.339. The van der Waals surface area contributed by atoms with Crippen LogP contribution in [0.2, 0.25) is 10.0 Å². The van der Waals surface area contributed by atoms with Gasteiger partial charge in [-0.1, -0.05) is 57.3 Å². The van der Waals surface area contributed by atoms with Crippen molar-refractivity contribution in [3.63, 3.8) is 0 Å². The SMILES string of the molecule is Fc1ccc(C=C(CBr)c2ccc(Cl)cc2)c(Cl)c1. The molecule has 0 aliphatic carbocycles. The van der Waals surface area contributed by atoms with Crippen LogP contribution in [-0.2, 0) is 0 Å². The summed E-state index contributed by atoms with van der Waals surface area (Å²) in [6.07, 6.45) is 1.93. The van der Waals surface area contributed by atoms with Crippen LogP contribution in [-0.4, -0.2) is 5.33 Å². The van der Waals surface area contributed by atoms with Gasteiger partial charge in [0.1, 0.15) is 5.82 Å². The Morgan fingerprint density at radius 2 is 1.79 bits per heavy atom. The van der Waals surface area contributed by atoms with Crippen LogP contribution in [0.15, 0.2) is 42.5 Å². The van der Waals surface area contributed by atoms with Crippen LogP contribution in [0.5, 0.6) is 0 Å². The maximum Gasteiger partial charge on any atom is 0.124 e. The first-order chi connectivity index (χ1) is 9.10. The first-order valence-corrected chi connectivity index (χ1v) is 7.45. The third-order valence-electron chi connectivity index (χ3n) is 2.65. The molecule has 4 heteroatoms. The summed E-state index contributed by atoms with van der Waals surface area (Å²) in [4.78, 5) is 0. The van der Waals surface area contributed by atoms with Gasteiger partial charge in [0, 0.05) is 10.4 Å². The Hall–Kier alpha value is -0.830. The molecule has 0 aromatic heterocycles. The van der Waals surface area contributed by atoms with Crippen LogP contribution in [0.1, 0.15) is 11.1 Å². The molecule has 2 aromatic rings. The number of rotatable bonds is 3. The number of hydrogen-bond acceptors (Lipinski definition) is 0. The third kappa shape index (κ3) is 3.82. The Labute approximate surface area is 130 Å². The van der Waals surface area contributed by atoms with E-state index in [1.807, 2.05) is 30.3 Å². The second kappa shape index (κ2) is 6.56. The summed E-state index contributed by atoms with van der Waals surface area (Å²) in [7, 11) is 0. The molecule has 0 unspecified atom stereocenters. The maximum absolute atomic E-state index is 13.0. The lowest BCUT2D eigenvalue weighted by Crippen LogP contribution is -1.87. The van der Waals surface area contributed by atoms with Crippen LogP contribution in [0.4, 0.5) is 4.39 Å². The van der Waals surface area contributed by atoms with Crippen molar-refractivity contribution in [2.45, 2.75) is 0 Å². The third-order valence-corrected chi connectivity index (χ3v) is 3.83. The Bertz CT molecular complexity index is 606. The maximum atomic E-state index is 13.0. The standard InChI is InChI=1S/C15H10BrCl2F/c16-9-12(10-1-4-13(17)5-2-10)7-11-3-6-14(19)8-15(11)18/h1-8H,9H2. The van der Waals surface area contributed by atoms with E-state index in [1.165, 1.54) is 12.1 Å². The van der Waals surface area contributed by atoms with E-state index in [9.17, 15) is 4.39 Å². The molecule has 0 bridgehead atoms. The molecule has 0 nitrogen and oxygen atoms in total. The zero-order valence-corrected chi connectivity index (χ0v) is 12.9. The molecular weight excluding hydrogens is 350 g/mol. The molecule has 0 aliphatic rings. The predicted molar refractivity (Wildman–Crippen MR) is 84.5 cm³/mol. The van der Waals surface area contributed by atoms with Gasteiger partial charge >= 0.3 is 0 Å². The van der Waals surface area contributed by atoms with Crippen LogP contribution in [0.25, 0.3) is 11.6 Å². The summed E-state index contributed by atoms with van der Waals surface area (Å²) in [5, 5.41) is 1.76. The van der Waals surface area contributed by atoms with E-state index in [2.05, 4.69) is 15.9 Å². The van der Waals surface area contributed by atoms with E-state index in [4.69, 9.17) is 23.2 Å². The molecule has 0 radical (unpaired) electrons. The fourth-order valence-corrected chi connectivity index (χ4v) is 2.50. The molecular formula is C15H10BrCl2F. The second-order valence-corrected chi connectivity index (χ2v) is 5.38. The fraction of sp³-hybridized carbons (Fsp3) is 0.0667. The van der Waals surface area contributed by atoms with Crippen molar-refractivity contribution in [2.24, 2.45) is 0 Å². The monoisotopic (exact) mass is 358 g/mol. The molecule has 2 aromatic carbocycles. The minimum Gasteiger partial charge on any atom is -0.207 e. The largest absolute Gasteiger partial charge is 0.207 e. The van der Waals surface area contributed by atoms with E-state index < -0.39 is 0 Å². The van der Waals surface area contributed by atoms with Crippen molar-refractivity contribution in [2.75, 3.05) is 5.33 Å². The highest BCUT2D eigenvalue weighted by Crippen LogP contribution is 2.26. The van der Waals surface area contributed by atoms with Gasteiger partial charge in [0.25, 0.3) is 0 Å². The quantitative estimate of drug-likeness (QED) is 0.461. The highest BCUT2D eigenvalue weighted by atomic mass is 79.9. The normalized spacial score (nSPS) is 11.7. The van der Waals surface area contributed by atoms with Crippen molar-refractivity contribution in [1.29, 1.82) is 0 Å². The smallest absolute Gasteiger partial charge is 0.124 e. The van der Waals surface area contributed by atoms with Crippen molar-refractivity contribution in [3.05, 3.63) is 69.5 Å². The summed E-state index contributed by atoms with van der Waals surface area (Å²) in [5.41, 5.74) is 2.87. The lowest BCUT2D eigenvalue weighted by atomic mass is 10.0. The van der Waals surface area contributed by atoms with Gasteiger partial charge in [0.2, 0.25) is 0 Å². The van der Waals surface area contributed by atoms with Gasteiger partial charge < -0.3 is 0 Å². The number of hydrogen-bond donors (Lipinski definition) is 0. The Balaban J connectivity index is 2.40. The summed E-state index contributed by atoms with van der Waals surface area (Å²) >= 11 is 15.3. The Morgan fingerprint density at radius 3 is 2.37 bits per heavy atom. The molecule has 0 aliphatic heterocycles. The molecule has 0 fully saturated rings. The highest BCUT2D eigenvalue weighted by molar-refractivity contribution is 9.09. The number of alkyl halides is 1. The Kier molecular flexibility index (Phi) is 5.03. The zero-order chi connectivity index (χ0) is 13.8. The lowest BCUT2D eigenvalue weighted by Gasteiger charge is -2.06. The van der Waals surface area contributed by atoms with Crippen LogP contribution >= 0.6 is 39.1 Å². The molecule has 0 saturated carbocycles. The molecule has 0 saturated heterocycles. The summed E-state index contributed by atoms with van der Waals surface area (Å²) in [6.45, 7) is 0. The fourth-order valence-electron chi connectivity index (χ4n) is 1.67. The molecule has 0 heterocycles. The zero-order valence-electron chi connectivity index (χ0n) is 9.84. The minimum absolute atomic E-state index is 0.339.